The Hall–Kier alpha value is -0.530. The molecule has 2 rings (SSSR count). The van der Waals surface area contributed by atoms with Gasteiger partial charge in [-0.05, 0) is 49.3 Å². The molecule has 17 heavy (non-hydrogen) atoms. The number of benzene rings is 1. The van der Waals surface area contributed by atoms with Crippen molar-refractivity contribution >= 4 is 11.6 Å². The predicted octanol–water partition coefficient (Wildman–Crippen LogP) is 4.21. The van der Waals surface area contributed by atoms with Crippen LogP contribution in [0.15, 0.2) is 24.3 Å². The van der Waals surface area contributed by atoms with Gasteiger partial charge in [-0.3, -0.25) is 0 Å². The molecular weight excluding hydrogens is 232 g/mol. The second kappa shape index (κ2) is 5.41. The first kappa shape index (κ1) is 12.9. The van der Waals surface area contributed by atoms with Crippen LogP contribution in [0.3, 0.4) is 0 Å². The van der Waals surface area contributed by atoms with Gasteiger partial charge < -0.3 is 5.11 Å². The lowest BCUT2D eigenvalue weighted by atomic mass is 9.75. The Kier molecular flexibility index (Phi) is 4.11. The molecule has 94 valence electrons. The molecule has 1 saturated carbocycles. The molecule has 0 heterocycles. The van der Waals surface area contributed by atoms with Crippen LogP contribution in [0, 0.1) is 5.92 Å². The average Bonchev–Trinajstić information content (AvgIpc) is 2.33. The summed E-state index contributed by atoms with van der Waals surface area (Å²) in [6.45, 7) is 2.24. The highest BCUT2D eigenvalue weighted by Gasteiger charge is 2.32. The molecule has 0 saturated heterocycles. The monoisotopic (exact) mass is 252 g/mol. The lowest BCUT2D eigenvalue weighted by molar-refractivity contribution is -0.00921. The first-order valence-electron chi connectivity index (χ1n) is 6.58. The van der Waals surface area contributed by atoms with Crippen LogP contribution in [-0.4, -0.2) is 10.7 Å². The van der Waals surface area contributed by atoms with Crippen LogP contribution in [0.5, 0.6) is 0 Å². The van der Waals surface area contributed by atoms with Crippen LogP contribution in [0.25, 0.3) is 0 Å². The lowest BCUT2D eigenvalue weighted by Gasteiger charge is -2.36. The Bertz CT molecular complexity index is 350. The summed E-state index contributed by atoms with van der Waals surface area (Å²) >= 11 is 5.86. The van der Waals surface area contributed by atoms with E-state index in [1.807, 2.05) is 24.3 Å². The topological polar surface area (TPSA) is 20.2 Å². The molecular formula is C15H21ClO. The van der Waals surface area contributed by atoms with Gasteiger partial charge >= 0.3 is 0 Å². The summed E-state index contributed by atoms with van der Waals surface area (Å²) in [7, 11) is 0. The highest BCUT2D eigenvalue weighted by atomic mass is 35.5. The van der Waals surface area contributed by atoms with Crippen LogP contribution < -0.4 is 0 Å². The maximum absolute atomic E-state index is 10.6. The molecule has 0 aliphatic heterocycles. The standard InChI is InChI=1S/C15H21ClO/c1-2-12-7-9-15(17,10-8-12)11-13-3-5-14(16)6-4-13/h3-6,12,17H,2,7-11H2,1H3. The molecule has 0 amide bonds. The zero-order valence-electron chi connectivity index (χ0n) is 10.5. The summed E-state index contributed by atoms with van der Waals surface area (Å²) < 4.78 is 0. The molecule has 0 aromatic heterocycles. The largest absolute Gasteiger partial charge is 0.390 e. The van der Waals surface area contributed by atoms with Crippen molar-refractivity contribution in [2.45, 2.75) is 51.0 Å². The summed E-state index contributed by atoms with van der Waals surface area (Å²) in [6.07, 6.45) is 6.22. The van der Waals surface area contributed by atoms with Gasteiger partial charge in [0.1, 0.15) is 0 Å². The van der Waals surface area contributed by atoms with Crippen LogP contribution >= 0.6 is 11.6 Å². The third-order valence-corrected chi connectivity index (χ3v) is 4.31. The van der Waals surface area contributed by atoms with Gasteiger partial charge in [-0.15, -0.1) is 0 Å². The number of rotatable bonds is 3. The molecule has 0 radical (unpaired) electrons. The summed E-state index contributed by atoms with van der Waals surface area (Å²) in [6, 6.07) is 7.84. The number of halogens is 1. The van der Waals surface area contributed by atoms with E-state index in [1.54, 1.807) is 0 Å². The number of aliphatic hydroxyl groups is 1. The predicted molar refractivity (Wildman–Crippen MR) is 72.4 cm³/mol. The van der Waals surface area contributed by atoms with E-state index < -0.39 is 5.60 Å². The Morgan fingerprint density at radius 1 is 1.24 bits per heavy atom. The van der Waals surface area contributed by atoms with Gasteiger partial charge in [0, 0.05) is 11.4 Å². The summed E-state index contributed by atoms with van der Waals surface area (Å²) in [4.78, 5) is 0. The van der Waals surface area contributed by atoms with Crippen molar-refractivity contribution in [3.05, 3.63) is 34.9 Å². The summed E-state index contributed by atoms with van der Waals surface area (Å²) in [5.41, 5.74) is 0.700. The molecule has 0 bridgehead atoms. The van der Waals surface area contributed by atoms with E-state index in [0.29, 0.717) is 0 Å². The van der Waals surface area contributed by atoms with Crippen LogP contribution in [0.2, 0.25) is 5.02 Å². The van der Waals surface area contributed by atoms with Gasteiger partial charge in [0.25, 0.3) is 0 Å². The fraction of sp³-hybridized carbons (Fsp3) is 0.600. The summed E-state index contributed by atoms with van der Waals surface area (Å²) in [5.74, 6) is 0.820. The van der Waals surface area contributed by atoms with Crippen LogP contribution in [0.4, 0.5) is 0 Å². The van der Waals surface area contributed by atoms with Crippen molar-refractivity contribution in [1.29, 1.82) is 0 Å². The van der Waals surface area contributed by atoms with E-state index in [-0.39, 0.29) is 0 Å². The number of hydrogen-bond donors (Lipinski definition) is 1. The minimum Gasteiger partial charge on any atom is -0.390 e. The summed E-state index contributed by atoms with van der Waals surface area (Å²) in [5, 5.41) is 11.3. The average molecular weight is 253 g/mol. The maximum Gasteiger partial charge on any atom is 0.0688 e. The first-order valence-corrected chi connectivity index (χ1v) is 6.96. The zero-order valence-corrected chi connectivity index (χ0v) is 11.2. The molecule has 1 aromatic rings. The molecule has 1 nitrogen and oxygen atoms in total. The number of hydrogen-bond acceptors (Lipinski definition) is 1. The Labute approximate surface area is 109 Å². The quantitative estimate of drug-likeness (QED) is 0.854. The SMILES string of the molecule is CCC1CCC(O)(Cc2ccc(Cl)cc2)CC1. The Balaban J connectivity index is 1.96. The first-order chi connectivity index (χ1) is 8.11. The molecule has 1 aliphatic rings. The Morgan fingerprint density at radius 2 is 1.82 bits per heavy atom. The van der Waals surface area contributed by atoms with E-state index in [2.05, 4.69) is 6.92 Å². The highest BCUT2D eigenvalue weighted by molar-refractivity contribution is 6.30. The van der Waals surface area contributed by atoms with Gasteiger partial charge in [0.05, 0.1) is 5.60 Å². The molecule has 2 heteroatoms. The van der Waals surface area contributed by atoms with E-state index in [4.69, 9.17) is 11.6 Å². The second-order valence-electron chi connectivity index (χ2n) is 5.38. The van der Waals surface area contributed by atoms with E-state index in [1.165, 1.54) is 24.8 Å². The van der Waals surface area contributed by atoms with Crippen molar-refractivity contribution in [2.24, 2.45) is 5.92 Å². The highest BCUT2D eigenvalue weighted by Crippen LogP contribution is 2.35. The minimum atomic E-state index is -0.487. The molecule has 1 fully saturated rings. The fourth-order valence-electron chi connectivity index (χ4n) is 2.78. The maximum atomic E-state index is 10.6. The molecule has 1 aliphatic carbocycles. The molecule has 0 spiro atoms. The normalized spacial score (nSPS) is 29.2. The fourth-order valence-corrected chi connectivity index (χ4v) is 2.91. The third-order valence-electron chi connectivity index (χ3n) is 4.06. The molecule has 0 unspecified atom stereocenters. The van der Waals surface area contributed by atoms with E-state index in [0.717, 1.165) is 30.2 Å². The van der Waals surface area contributed by atoms with Gasteiger partial charge in [0.2, 0.25) is 0 Å². The zero-order chi connectivity index (χ0) is 12.3. The third kappa shape index (κ3) is 3.46. The smallest absolute Gasteiger partial charge is 0.0688 e. The minimum absolute atomic E-state index is 0.487. The molecule has 1 aromatic carbocycles. The van der Waals surface area contributed by atoms with E-state index in [9.17, 15) is 5.11 Å². The van der Waals surface area contributed by atoms with Crippen LogP contribution in [0.1, 0.15) is 44.6 Å². The lowest BCUT2D eigenvalue weighted by Crippen LogP contribution is -2.36. The van der Waals surface area contributed by atoms with Crippen molar-refractivity contribution < 1.29 is 5.11 Å². The van der Waals surface area contributed by atoms with Crippen molar-refractivity contribution in [3.63, 3.8) is 0 Å². The van der Waals surface area contributed by atoms with Crippen molar-refractivity contribution in [1.82, 2.24) is 0 Å². The molecule has 0 atom stereocenters. The Morgan fingerprint density at radius 3 is 2.35 bits per heavy atom. The van der Waals surface area contributed by atoms with Gasteiger partial charge in [0.15, 0.2) is 0 Å². The van der Waals surface area contributed by atoms with Gasteiger partial charge in [-0.1, -0.05) is 37.1 Å². The van der Waals surface area contributed by atoms with Crippen molar-refractivity contribution in [3.8, 4) is 0 Å². The van der Waals surface area contributed by atoms with Crippen LogP contribution in [-0.2, 0) is 6.42 Å². The van der Waals surface area contributed by atoms with Gasteiger partial charge in [-0.25, -0.2) is 0 Å². The van der Waals surface area contributed by atoms with Gasteiger partial charge in [-0.2, -0.15) is 0 Å². The van der Waals surface area contributed by atoms with E-state index >= 15 is 0 Å². The second-order valence-corrected chi connectivity index (χ2v) is 5.82. The van der Waals surface area contributed by atoms with Crippen molar-refractivity contribution in [2.75, 3.05) is 0 Å². The molecule has 1 N–H and O–H groups in total.